The van der Waals surface area contributed by atoms with E-state index in [0.717, 1.165) is 17.7 Å². The SMILES string of the molecule is Cc1ccc(C(=O)NCC2CCCS2)c(C#CCCO)c1. The molecule has 2 rings (SSSR count). The third-order valence-electron chi connectivity index (χ3n) is 3.39. The Kier molecular flexibility index (Phi) is 6.16. The van der Waals surface area contributed by atoms with Gasteiger partial charge < -0.3 is 10.4 Å². The van der Waals surface area contributed by atoms with E-state index in [0.29, 0.717) is 17.2 Å². The smallest absolute Gasteiger partial charge is 0.252 e. The van der Waals surface area contributed by atoms with Crippen molar-refractivity contribution in [2.24, 2.45) is 0 Å². The summed E-state index contributed by atoms with van der Waals surface area (Å²) < 4.78 is 0. The highest BCUT2D eigenvalue weighted by molar-refractivity contribution is 8.00. The van der Waals surface area contributed by atoms with Crippen LogP contribution in [-0.4, -0.2) is 35.2 Å². The molecule has 1 saturated heterocycles. The molecule has 0 spiro atoms. The van der Waals surface area contributed by atoms with Gasteiger partial charge in [-0.25, -0.2) is 0 Å². The van der Waals surface area contributed by atoms with Crippen LogP contribution in [0, 0.1) is 18.8 Å². The van der Waals surface area contributed by atoms with E-state index in [-0.39, 0.29) is 12.5 Å². The summed E-state index contributed by atoms with van der Waals surface area (Å²) in [5.74, 6) is 7.01. The maximum Gasteiger partial charge on any atom is 0.252 e. The van der Waals surface area contributed by atoms with Crippen LogP contribution in [0.4, 0.5) is 0 Å². The summed E-state index contributed by atoms with van der Waals surface area (Å²) in [7, 11) is 0. The van der Waals surface area contributed by atoms with Crippen molar-refractivity contribution in [3.05, 3.63) is 34.9 Å². The summed E-state index contributed by atoms with van der Waals surface area (Å²) in [4.78, 5) is 12.3. The maximum atomic E-state index is 12.3. The van der Waals surface area contributed by atoms with Crippen LogP contribution >= 0.6 is 11.8 Å². The van der Waals surface area contributed by atoms with Crippen molar-refractivity contribution >= 4 is 17.7 Å². The maximum absolute atomic E-state index is 12.3. The van der Waals surface area contributed by atoms with Crippen LogP contribution < -0.4 is 5.32 Å². The van der Waals surface area contributed by atoms with Crippen molar-refractivity contribution in [3.8, 4) is 11.8 Å². The number of carbonyl (C=O) groups excluding carboxylic acids is 1. The van der Waals surface area contributed by atoms with Gasteiger partial charge in [0.2, 0.25) is 0 Å². The number of hydrogen-bond acceptors (Lipinski definition) is 3. The van der Waals surface area contributed by atoms with Crippen molar-refractivity contribution in [2.75, 3.05) is 18.9 Å². The fourth-order valence-corrected chi connectivity index (χ4v) is 3.48. The molecule has 1 amide bonds. The standard InChI is InChI=1S/C17H21NO2S/c1-13-7-8-16(14(11-13)5-2-3-9-19)17(20)18-12-15-6-4-10-21-15/h7-8,11,15,19H,3-4,6,9-10,12H2,1H3,(H,18,20). The first-order valence-corrected chi connectivity index (χ1v) is 8.36. The zero-order chi connectivity index (χ0) is 15.1. The van der Waals surface area contributed by atoms with Crippen molar-refractivity contribution in [2.45, 2.75) is 31.4 Å². The lowest BCUT2D eigenvalue weighted by molar-refractivity contribution is 0.0953. The summed E-state index contributed by atoms with van der Waals surface area (Å²) in [6.07, 6.45) is 2.85. The first-order chi connectivity index (χ1) is 10.2. The Labute approximate surface area is 130 Å². The van der Waals surface area contributed by atoms with Gasteiger partial charge >= 0.3 is 0 Å². The first kappa shape index (κ1) is 15.9. The lowest BCUT2D eigenvalue weighted by Crippen LogP contribution is -2.30. The number of carbonyl (C=O) groups is 1. The number of aliphatic hydroxyl groups excluding tert-OH is 1. The number of amides is 1. The minimum absolute atomic E-state index is 0.0409. The zero-order valence-electron chi connectivity index (χ0n) is 12.3. The molecule has 0 aliphatic carbocycles. The van der Waals surface area contributed by atoms with Gasteiger partial charge in [0.05, 0.1) is 12.2 Å². The van der Waals surface area contributed by atoms with Crippen molar-refractivity contribution in [3.63, 3.8) is 0 Å². The van der Waals surface area contributed by atoms with E-state index in [2.05, 4.69) is 17.2 Å². The number of thioether (sulfide) groups is 1. The van der Waals surface area contributed by atoms with Gasteiger partial charge in [-0.2, -0.15) is 11.8 Å². The fraction of sp³-hybridized carbons (Fsp3) is 0.471. The number of nitrogens with one attached hydrogen (secondary N) is 1. The van der Waals surface area contributed by atoms with E-state index < -0.39 is 0 Å². The Balaban J connectivity index is 2.06. The molecule has 1 unspecified atom stereocenters. The predicted octanol–water partition coefficient (Wildman–Crippen LogP) is 2.35. The summed E-state index contributed by atoms with van der Waals surface area (Å²) in [5.41, 5.74) is 2.43. The number of hydrogen-bond donors (Lipinski definition) is 2. The molecule has 0 radical (unpaired) electrons. The summed E-state index contributed by atoms with van der Waals surface area (Å²) in [5, 5.41) is 12.4. The quantitative estimate of drug-likeness (QED) is 0.840. The predicted molar refractivity (Wildman–Crippen MR) is 87.6 cm³/mol. The van der Waals surface area contributed by atoms with Crippen LogP contribution in [0.5, 0.6) is 0 Å². The molecule has 1 aromatic carbocycles. The van der Waals surface area contributed by atoms with E-state index in [1.165, 1.54) is 18.6 Å². The zero-order valence-corrected chi connectivity index (χ0v) is 13.1. The van der Waals surface area contributed by atoms with E-state index in [4.69, 9.17) is 5.11 Å². The number of rotatable bonds is 4. The van der Waals surface area contributed by atoms with Crippen molar-refractivity contribution < 1.29 is 9.90 Å². The molecule has 0 bridgehead atoms. The second-order valence-electron chi connectivity index (χ2n) is 5.17. The van der Waals surface area contributed by atoms with Crippen LogP contribution in [-0.2, 0) is 0 Å². The van der Waals surface area contributed by atoms with Gasteiger partial charge in [-0.1, -0.05) is 17.9 Å². The Bertz CT molecular complexity index is 554. The van der Waals surface area contributed by atoms with Crippen LogP contribution in [0.3, 0.4) is 0 Å². The number of aryl methyl sites for hydroxylation is 1. The summed E-state index contributed by atoms with van der Waals surface area (Å²) in [6.45, 7) is 2.74. The average Bonchev–Trinajstić information content (AvgIpc) is 2.98. The molecule has 0 saturated carbocycles. The van der Waals surface area contributed by atoms with Gasteiger partial charge in [-0.05, 0) is 43.2 Å². The highest BCUT2D eigenvalue weighted by Crippen LogP contribution is 2.25. The fourth-order valence-electron chi connectivity index (χ4n) is 2.28. The van der Waals surface area contributed by atoms with Gasteiger partial charge in [-0.15, -0.1) is 0 Å². The Morgan fingerprint density at radius 3 is 3.10 bits per heavy atom. The molecule has 4 heteroatoms. The molecule has 112 valence electrons. The van der Waals surface area contributed by atoms with Crippen LogP contribution in [0.2, 0.25) is 0 Å². The first-order valence-electron chi connectivity index (χ1n) is 7.31. The second kappa shape index (κ2) is 8.11. The van der Waals surface area contributed by atoms with Crippen LogP contribution in [0.25, 0.3) is 0 Å². The largest absolute Gasteiger partial charge is 0.395 e. The molecule has 21 heavy (non-hydrogen) atoms. The molecule has 1 aromatic rings. The van der Waals surface area contributed by atoms with E-state index in [1.807, 2.05) is 36.9 Å². The van der Waals surface area contributed by atoms with Crippen LogP contribution in [0.1, 0.15) is 40.7 Å². The minimum atomic E-state index is -0.0594. The Morgan fingerprint density at radius 2 is 2.38 bits per heavy atom. The van der Waals surface area contributed by atoms with E-state index in [1.54, 1.807) is 0 Å². The molecule has 1 heterocycles. The molecular weight excluding hydrogens is 282 g/mol. The normalized spacial score (nSPS) is 17.1. The molecule has 1 aliphatic heterocycles. The van der Waals surface area contributed by atoms with E-state index in [9.17, 15) is 4.79 Å². The topological polar surface area (TPSA) is 49.3 Å². The lowest BCUT2D eigenvalue weighted by atomic mass is 10.0. The van der Waals surface area contributed by atoms with Gasteiger partial charge in [0.1, 0.15) is 0 Å². The third kappa shape index (κ3) is 4.80. The monoisotopic (exact) mass is 303 g/mol. The number of benzene rings is 1. The highest BCUT2D eigenvalue weighted by atomic mass is 32.2. The van der Waals surface area contributed by atoms with Crippen LogP contribution in [0.15, 0.2) is 18.2 Å². The molecule has 1 fully saturated rings. The number of aliphatic hydroxyl groups is 1. The molecule has 3 nitrogen and oxygen atoms in total. The van der Waals surface area contributed by atoms with Crippen molar-refractivity contribution in [1.29, 1.82) is 0 Å². The second-order valence-corrected chi connectivity index (χ2v) is 6.58. The molecule has 0 aromatic heterocycles. The van der Waals surface area contributed by atoms with Gasteiger partial charge in [0, 0.05) is 23.8 Å². The Morgan fingerprint density at radius 1 is 1.52 bits per heavy atom. The molecule has 1 aliphatic rings. The van der Waals surface area contributed by atoms with Gasteiger partial charge in [-0.3, -0.25) is 4.79 Å². The average molecular weight is 303 g/mol. The van der Waals surface area contributed by atoms with E-state index >= 15 is 0 Å². The third-order valence-corrected chi connectivity index (χ3v) is 4.79. The molecule has 1 atom stereocenters. The molecular formula is C17H21NO2S. The summed E-state index contributed by atoms with van der Waals surface area (Å²) in [6, 6.07) is 5.68. The highest BCUT2D eigenvalue weighted by Gasteiger charge is 2.17. The van der Waals surface area contributed by atoms with Gasteiger partial charge in [0.15, 0.2) is 0 Å². The minimum Gasteiger partial charge on any atom is -0.395 e. The van der Waals surface area contributed by atoms with Crippen molar-refractivity contribution in [1.82, 2.24) is 5.32 Å². The summed E-state index contributed by atoms with van der Waals surface area (Å²) >= 11 is 1.93. The molecule has 2 N–H and O–H groups in total. The lowest BCUT2D eigenvalue weighted by Gasteiger charge is -2.11. The Hall–Kier alpha value is -1.44. The van der Waals surface area contributed by atoms with Gasteiger partial charge in [0.25, 0.3) is 5.91 Å².